The first kappa shape index (κ1) is 19.4. The number of nitrogens with two attached hydrogens (primary N) is 1. The number of aromatic nitrogens is 1. The third kappa shape index (κ3) is 6.81. The van der Waals surface area contributed by atoms with Crippen LogP contribution in [0.25, 0.3) is 10.6 Å². The summed E-state index contributed by atoms with van der Waals surface area (Å²) in [6, 6.07) is 4.00. The summed E-state index contributed by atoms with van der Waals surface area (Å²) >= 11 is 3.08. The summed E-state index contributed by atoms with van der Waals surface area (Å²) in [7, 11) is 0. The van der Waals surface area contributed by atoms with E-state index in [4.69, 9.17) is 10.5 Å². The quantitative estimate of drug-likeness (QED) is 0.352. The Hall–Kier alpha value is -1.97. The van der Waals surface area contributed by atoms with E-state index >= 15 is 0 Å². The summed E-state index contributed by atoms with van der Waals surface area (Å²) in [5, 5.41) is 8.45. The number of nitrogens with one attached hydrogen (secondary N) is 2. The normalized spacial score (nSPS) is 11.5. The van der Waals surface area contributed by atoms with E-state index in [2.05, 4.69) is 27.5 Å². The van der Waals surface area contributed by atoms with Crippen molar-refractivity contribution in [1.29, 1.82) is 0 Å². The molecule has 0 aliphatic carbocycles. The molecule has 0 bridgehead atoms. The van der Waals surface area contributed by atoms with Gasteiger partial charge in [0, 0.05) is 23.8 Å². The third-order valence-corrected chi connectivity index (χ3v) is 4.90. The number of amides is 1. The van der Waals surface area contributed by atoms with E-state index in [1.807, 2.05) is 17.5 Å². The number of nitrogens with zero attached hydrogens (tertiary/aromatic N) is 2. The van der Waals surface area contributed by atoms with E-state index in [0.717, 1.165) is 28.5 Å². The average Bonchev–Trinajstić information content (AvgIpc) is 3.21. The second-order valence-corrected chi connectivity index (χ2v) is 7.24. The first-order chi connectivity index (χ1) is 12.1. The largest absolute Gasteiger partial charge is 0.380 e. The molecule has 7 nitrogen and oxygen atoms in total. The van der Waals surface area contributed by atoms with Crippen LogP contribution in [0.1, 0.15) is 25.1 Å². The van der Waals surface area contributed by atoms with Gasteiger partial charge in [-0.25, -0.2) is 4.98 Å². The summed E-state index contributed by atoms with van der Waals surface area (Å²) in [6.07, 6.45) is 0.995. The van der Waals surface area contributed by atoms with Gasteiger partial charge in [0.05, 0.1) is 30.3 Å². The van der Waals surface area contributed by atoms with Crippen molar-refractivity contribution >= 4 is 39.7 Å². The van der Waals surface area contributed by atoms with Gasteiger partial charge >= 0.3 is 0 Å². The van der Waals surface area contributed by atoms with Crippen LogP contribution >= 0.6 is 22.7 Å². The number of aliphatic imine (C=N–C) groups is 1. The lowest BCUT2D eigenvalue weighted by atomic mass is 10.3. The predicted molar refractivity (Wildman–Crippen MR) is 104 cm³/mol. The van der Waals surface area contributed by atoms with Crippen LogP contribution in [0.3, 0.4) is 0 Å². The van der Waals surface area contributed by atoms with E-state index in [0.29, 0.717) is 30.8 Å². The molecule has 1 amide bonds. The van der Waals surface area contributed by atoms with Crippen molar-refractivity contribution in [3.8, 4) is 10.6 Å². The van der Waals surface area contributed by atoms with Crippen LogP contribution in [0.15, 0.2) is 22.5 Å². The predicted octanol–water partition coefficient (Wildman–Crippen LogP) is 2.66. The lowest BCUT2D eigenvalue weighted by Gasteiger charge is -2.02. The lowest BCUT2D eigenvalue weighted by molar-refractivity contribution is -0.119. The van der Waals surface area contributed by atoms with Gasteiger partial charge in [0.1, 0.15) is 0 Å². The molecule has 9 heteroatoms. The minimum absolute atomic E-state index is 0.0371. The molecule has 0 spiro atoms. The maximum absolute atomic E-state index is 11.0. The van der Waals surface area contributed by atoms with Gasteiger partial charge < -0.3 is 21.1 Å². The highest BCUT2D eigenvalue weighted by molar-refractivity contribution is 7.17. The highest BCUT2D eigenvalue weighted by Gasteiger charge is 2.08. The number of thiophene rings is 1. The minimum atomic E-state index is -0.0371. The van der Waals surface area contributed by atoms with Crippen molar-refractivity contribution in [3.63, 3.8) is 0 Å². The zero-order valence-corrected chi connectivity index (χ0v) is 16.0. The Kier molecular flexibility index (Phi) is 7.83. The SMILES string of the molecule is CCCOCCN=C(N)Nc1nc(-c2ccc(CNC(C)=O)s2)cs1. The Labute approximate surface area is 155 Å². The molecule has 0 unspecified atom stereocenters. The number of hydrogen-bond donors (Lipinski definition) is 3. The summed E-state index contributed by atoms with van der Waals surface area (Å²) in [4.78, 5) is 21.8. The van der Waals surface area contributed by atoms with E-state index in [1.54, 1.807) is 11.3 Å². The van der Waals surface area contributed by atoms with Crippen molar-refractivity contribution in [2.75, 3.05) is 25.1 Å². The summed E-state index contributed by atoms with van der Waals surface area (Å²) in [5.41, 5.74) is 6.73. The minimum Gasteiger partial charge on any atom is -0.380 e. The van der Waals surface area contributed by atoms with Gasteiger partial charge in [-0.1, -0.05) is 6.92 Å². The van der Waals surface area contributed by atoms with Crippen molar-refractivity contribution < 1.29 is 9.53 Å². The molecule has 25 heavy (non-hydrogen) atoms. The standard InChI is InChI=1S/C16H23N5O2S2/c1-3-7-23-8-6-18-15(17)21-16-20-13(10-24-16)14-5-4-12(25-14)9-19-11(2)22/h4-5,10H,3,6-9H2,1-2H3,(H,19,22)(H3,17,18,20,21). The number of anilines is 1. The van der Waals surface area contributed by atoms with Crippen LogP contribution in [0.2, 0.25) is 0 Å². The fraction of sp³-hybridized carbons (Fsp3) is 0.438. The van der Waals surface area contributed by atoms with Gasteiger partial charge in [0.15, 0.2) is 11.1 Å². The number of guanidine groups is 1. The number of carbonyl (C=O) groups excluding carboxylic acids is 1. The third-order valence-electron chi connectivity index (χ3n) is 3.03. The topological polar surface area (TPSA) is 102 Å². The molecule has 0 atom stereocenters. The maximum Gasteiger partial charge on any atom is 0.217 e. The van der Waals surface area contributed by atoms with Crippen molar-refractivity contribution in [2.45, 2.75) is 26.8 Å². The van der Waals surface area contributed by atoms with Crippen LogP contribution in [-0.4, -0.2) is 36.6 Å². The molecule has 0 saturated heterocycles. The van der Waals surface area contributed by atoms with Crippen molar-refractivity contribution in [1.82, 2.24) is 10.3 Å². The summed E-state index contributed by atoms with van der Waals surface area (Å²) < 4.78 is 5.35. The molecule has 4 N–H and O–H groups in total. The molecule has 0 fully saturated rings. The monoisotopic (exact) mass is 381 g/mol. The highest BCUT2D eigenvalue weighted by atomic mass is 32.1. The zero-order chi connectivity index (χ0) is 18.1. The molecule has 2 rings (SSSR count). The molecular formula is C16H23N5O2S2. The molecule has 0 aliphatic rings. The highest BCUT2D eigenvalue weighted by Crippen LogP contribution is 2.30. The van der Waals surface area contributed by atoms with Gasteiger partial charge in [-0.2, -0.15) is 0 Å². The Morgan fingerprint density at radius 1 is 1.40 bits per heavy atom. The molecule has 0 radical (unpaired) electrons. The van der Waals surface area contributed by atoms with E-state index < -0.39 is 0 Å². The van der Waals surface area contributed by atoms with Crippen LogP contribution in [0.5, 0.6) is 0 Å². The Morgan fingerprint density at radius 2 is 2.24 bits per heavy atom. The Bertz CT molecular complexity index is 711. The second kappa shape index (κ2) is 10.1. The van der Waals surface area contributed by atoms with E-state index in [9.17, 15) is 4.79 Å². The molecule has 136 valence electrons. The number of ether oxygens (including phenoxy) is 1. The second-order valence-electron chi connectivity index (χ2n) is 5.22. The molecule has 2 heterocycles. The summed E-state index contributed by atoms with van der Waals surface area (Å²) in [6.45, 7) is 5.93. The lowest BCUT2D eigenvalue weighted by Crippen LogP contribution is -2.23. The molecule has 0 aliphatic heterocycles. The number of rotatable bonds is 9. The number of hydrogen-bond acceptors (Lipinski definition) is 6. The summed E-state index contributed by atoms with van der Waals surface area (Å²) in [5.74, 6) is 0.295. The fourth-order valence-corrected chi connectivity index (χ4v) is 3.59. The maximum atomic E-state index is 11.0. The van der Waals surface area contributed by atoms with Crippen LogP contribution in [0, 0.1) is 0 Å². The van der Waals surface area contributed by atoms with Crippen molar-refractivity contribution in [2.24, 2.45) is 10.7 Å². The first-order valence-corrected chi connectivity index (χ1v) is 9.71. The van der Waals surface area contributed by atoms with Crippen molar-refractivity contribution in [3.05, 3.63) is 22.4 Å². The van der Waals surface area contributed by atoms with Gasteiger partial charge in [0.25, 0.3) is 0 Å². The Balaban J connectivity index is 1.87. The van der Waals surface area contributed by atoms with Gasteiger partial charge in [-0.05, 0) is 18.6 Å². The molecule has 0 saturated carbocycles. The molecular weight excluding hydrogens is 358 g/mol. The van der Waals surface area contributed by atoms with Crippen LogP contribution in [0.4, 0.5) is 5.13 Å². The van der Waals surface area contributed by atoms with E-state index in [1.165, 1.54) is 18.3 Å². The molecule has 2 aromatic rings. The smallest absolute Gasteiger partial charge is 0.217 e. The molecule has 0 aromatic carbocycles. The fourth-order valence-electron chi connectivity index (χ4n) is 1.89. The number of carbonyl (C=O) groups is 1. The number of thiazole rings is 1. The van der Waals surface area contributed by atoms with Gasteiger partial charge in [-0.15, -0.1) is 22.7 Å². The van der Waals surface area contributed by atoms with Gasteiger partial charge in [0.2, 0.25) is 5.91 Å². The molecule has 2 aromatic heterocycles. The van der Waals surface area contributed by atoms with Gasteiger partial charge in [-0.3, -0.25) is 9.79 Å². The average molecular weight is 382 g/mol. The van der Waals surface area contributed by atoms with Crippen LogP contribution in [-0.2, 0) is 16.1 Å². The van der Waals surface area contributed by atoms with E-state index in [-0.39, 0.29) is 5.91 Å². The zero-order valence-electron chi connectivity index (χ0n) is 14.4. The first-order valence-electron chi connectivity index (χ1n) is 8.02. The Morgan fingerprint density at radius 3 is 3.00 bits per heavy atom. The van der Waals surface area contributed by atoms with Crippen LogP contribution < -0.4 is 16.4 Å².